The summed E-state index contributed by atoms with van der Waals surface area (Å²) in [5.74, 6) is -0.121. The van der Waals surface area contributed by atoms with Crippen LogP contribution in [-0.4, -0.2) is 40.5 Å². The van der Waals surface area contributed by atoms with Crippen LogP contribution in [0.15, 0.2) is 10.9 Å². The summed E-state index contributed by atoms with van der Waals surface area (Å²) in [6.07, 6.45) is 1.11. The monoisotopic (exact) mass is 334 g/mol. The first-order valence-corrected chi connectivity index (χ1v) is 8.31. The minimum Gasteiger partial charge on any atom is -0.444 e. The van der Waals surface area contributed by atoms with E-state index < -0.39 is 5.60 Å². The average molecular weight is 334 g/mol. The summed E-state index contributed by atoms with van der Waals surface area (Å²) in [6, 6.07) is 1.88. The van der Waals surface area contributed by atoms with E-state index in [9.17, 15) is 14.4 Å². The predicted molar refractivity (Wildman–Crippen MR) is 91.6 cm³/mol. The number of Topliss-reactive ketones (excluding diaryl/α,β-unsaturated/α-hetero) is 1. The van der Waals surface area contributed by atoms with Crippen molar-refractivity contribution in [3.63, 3.8) is 0 Å². The summed E-state index contributed by atoms with van der Waals surface area (Å²) in [4.78, 5) is 40.5. The van der Waals surface area contributed by atoms with Crippen molar-refractivity contribution in [2.75, 3.05) is 13.1 Å². The number of aromatic nitrogens is 1. The minimum absolute atomic E-state index is 0.101. The summed E-state index contributed by atoms with van der Waals surface area (Å²) >= 11 is 0. The van der Waals surface area contributed by atoms with Crippen LogP contribution in [0.2, 0.25) is 0 Å². The number of aryl methyl sites for hydroxylation is 1. The van der Waals surface area contributed by atoms with Gasteiger partial charge in [-0.1, -0.05) is 0 Å². The lowest BCUT2D eigenvalue weighted by atomic mass is 9.86. The molecule has 0 aliphatic carbocycles. The first-order chi connectivity index (χ1) is 11.1. The van der Waals surface area contributed by atoms with Gasteiger partial charge in [0.25, 0.3) is 5.56 Å². The van der Waals surface area contributed by atoms with E-state index in [1.807, 2.05) is 33.8 Å². The minimum atomic E-state index is -0.514. The molecule has 6 heteroatoms. The maximum absolute atomic E-state index is 12.1. The normalized spacial score (nSPS) is 16.1. The molecule has 2 rings (SSSR count). The lowest BCUT2D eigenvalue weighted by Crippen LogP contribution is -2.41. The third-order valence-corrected chi connectivity index (χ3v) is 4.14. The molecule has 2 heterocycles. The number of carbonyl (C=O) groups excluding carboxylic acids is 2. The number of ether oxygens (including phenoxy) is 1. The maximum atomic E-state index is 12.1. The van der Waals surface area contributed by atoms with E-state index in [0.29, 0.717) is 25.9 Å². The molecule has 6 nitrogen and oxygen atoms in total. The Bertz CT molecular complexity index is 692. The zero-order valence-corrected chi connectivity index (χ0v) is 15.1. The van der Waals surface area contributed by atoms with Crippen LogP contribution in [0.4, 0.5) is 4.79 Å². The van der Waals surface area contributed by atoms with E-state index in [0.717, 1.165) is 11.3 Å². The molecule has 0 radical (unpaired) electrons. The second-order valence-corrected chi connectivity index (χ2v) is 7.41. The van der Waals surface area contributed by atoms with Gasteiger partial charge in [0.15, 0.2) is 5.78 Å². The standard InChI is InChI=1S/C18H26N2O4/c1-11-10-14(15(12(2)21)16(22)19-11)13-6-8-20(9-7-13)17(23)24-18(3,4)5/h10,13H,6-9H2,1-5H3,(H,19,22). The van der Waals surface area contributed by atoms with Crippen LogP contribution in [0, 0.1) is 6.92 Å². The number of piperidine rings is 1. The summed E-state index contributed by atoms with van der Waals surface area (Å²) in [6.45, 7) is 9.87. The molecular weight excluding hydrogens is 308 g/mol. The number of amides is 1. The molecule has 1 N–H and O–H groups in total. The third kappa shape index (κ3) is 4.24. The van der Waals surface area contributed by atoms with Crippen molar-refractivity contribution in [2.45, 2.75) is 59.0 Å². The molecule has 1 aromatic rings. The van der Waals surface area contributed by atoms with Gasteiger partial charge in [-0.25, -0.2) is 4.79 Å². The van der Waals surface area contributed by atoms with Crippen LogP contribution >= 0.6 is 0 Å². The van der Waals surface area contributed by atoms with E-state index in [-0.39, 0.29) is 28.9 Å². The van der Waals surface area contributed by atoms with Gasteiger partial charge in [-0.2, -0.15) is 0 Å². The molecule has 1 aliphatic rings. The predicted octanol–water partition coefficient (Wildman–Crippen LogP) is 3.00. The number of H-pyrrole nitrogens is 1. The van der Waals surface area contributed by atoms with E-state index in [1.54, 1.807) is 4.90 Å². The van der Waals surface area contributed by atoms with Crippen LogP contribution in [0.1, 0.15) is 68.1 Å². The van der Waals surface area contributed by atoms with Gasteiger partial charge in [-0.05, 0) is 65.0 Å². The quantitative estimate of drug-likeness (QED) is 0.843. The largest absolute Gasteiger partial charge is 0.444 e. The summed E-state index contributed by atoms with van der Waals surface area (Å²) in [7, 11) is 0. The van der Waals surface area contributed by atoms with Gasteiger partial charge < -0.3 is 14.6 Å². The molecule has 0 unspecified atom stereocenters. The highest BCUT2D eigenvalue weighted by molar-refractivity contribution is 5.95. The van der Waals surface area contributed by atoms with Gasteiger partial charge in [-0.15, -0.1) is 0 Å². The molecule has 0 atom stereocenters. The Morgan fingerprint density at radius 1 is 1.25 bits per heavy atom. The highest BCUT2D eigenvalue weighted by Gasteiger charge is 2.29. The zero-order valence-electron chi connectivity index (χ0n) is 15.1. The first kappa shape index (κ1) is 18.2. The second-order valence-electron chi connectivity index (χ2n) is 7.41. The lowest BCUT2D eigenvalue weighted by Gasteiger charge is -2.34. The van der Waals surface area contributed by atoms with Crippen LogP contribution in [-0.2, 0) is 4.74 Å². The van der Waals surface area contributed by atoms with Crippen molar-refractivity contribution in [1.29, 1.82) is 0 Å². The fourth-order valence-electron chi connectivity index (χ4n) is 3.10. The van der Waals surface area contributed by atoms with Crippen LogP contribution < -0.4 is 5.56 Å². The highest BCUT2D eigenvalue weighted by Crippen LogP contribution is 2.30. The van der Waals surface area contributed by atoms with E-state index in [2.05, 4.69) is 4.98 Å². The van der Waals surface area contributed by atoms with Crippen molar-refractivity contribution >= 4 is 11.9 Å². The molecule has 1 fully saturated rings. The number of nitrogens with zero attached hydrogens (tertiary/aromatic N) is 1. The number of ketones is 1. The van der Waals surface area contributed by atoms with Gasteiger partial charge in [-0.3, -0.25) is 9.59 Å². The lowest BCUT2D eigenvalue weighted by molar-refractivity contribution is 0.0204. The number of nitrogens with one attached hydrogen (secondary N) is 1. The van der Waals surface area contributed by atoms with Gasteiger partial charge >= 0.3 is 6.09 Å². The van der Waals surface area contributed by atoms with E-state index in [4.69, 9.17) is 4.74 Å². The zero-order chi connectivity index (χ0) is 18.1. The SMILES string of the molecule is CC(=O)c1c(C2CCN(C(=O)OC(C)(C)C)CC2)cc(C)[nH]c1=O. The van der Waals surface area contributed by atoms with Gasteiger partial charge in [0.05, 0.1) is 5.56 Å². The Hall–Kier alpha value is -2.11. The van der Waals surface area contributed by atoms with Crippen LogP contribution in [0.5, 0.6) is 0 Å². The number of aromatic amines is 1. The molecular formula is C18H26N2O4. The molecule has 1 amide bonds. The van der Waals surface area contributed by atoms with Crippen LogP contribution in [0.25, 0.3) is 0 Å². The number of rotatable bonds is 2. The van der Waals surface area contributed by atoms with Crippen molar-refractivity contribution in [3.05, 3.63) is 33.2 Å². The topological polar surface area (TPSA) is 79.5 Å². The number of hydrogen-bond donors (Lipinski definition) is 1. The molecule has 0 saturated carbocycles. The van der Waals surface area contributed by atoms with E-state index >= 15 is 0 Å². The summed E-state index contributed by atoms with van der Waals surface area (Å²) in [5.41, 5.74) is 0.949. The average Bonchev–Trinajstić information content (AvgIpc) is 2.44. The van der Waals surface area contributed by atoms with Gasteiger partial charge in [0.1, 0.15) is 5.60 Å². The molecule has 0 spiro atoms. The summed E-state index contributed by atoms with van der Waals surface area (Å²) < 4.78 is 5.40. The fourth-order valence-corrected chi connectivity index (χ4v) is 3.10. The molecule has 0 bridgehead atoms. The first-order valence-electron chi connectivity index (χ1n) is 8.31. The smallest absolute Gasteiger partial charge is 0.410 e. The Morgan fingerprint density at radius 2 is 1.83 bits per heavy atom. The fraction of sp³-hybridized carbons (Fsp3) is 0.611. The number of hydrogen-bond acceptors (Lipinski definition) is 4. The highest BCUT2D eigenvalue weighted by atomic mass is 16.6. The molecule has 0 aromatic carbocycles. The second kappa shape index (κ2) is 6.79. The number of likely N-dealkylation sites (tertiary alicyclic amines) is 1. The number of carbonyl (C=O) groups is 2. The Morgan fingerprint density at radius 3 is 2.33 bits per heavy atom. The Labute approximate surface area is 142 Å². The molecule has 1 aromatic heterocycles. The number of pyridine rings is 1. The molecule has 1 saturated heterocycles. The molecule has 24 heavy (non-hydrogen) atoms. The maximum Gasteiger partial charge on any atom is 0.410 e. The van der Waals surface area contributed by atoms with Crippen molar-refractivity contribution in [3.8, 4) is 0 Å². The Balaban J connectivity index is 2.14. The van der Waals surface area contributed by atoms with Crippen molar-refractivity contribution < 1.29 is 14.3 Å². The van der Waals surface area contributed by atoms with Gasteiger partial charge in [0, 0.05) is 18.8 Å². The van der Waals surface area contributed by atoms with Crippen LogP contribution in [0.3, 0.4) is 0 Å². The third-order valence-electron chi connectivity index (χ3n) is 4.14. The van der Waals surface area contributed by atoms with Gasteiger partial charge in [0.2, 0.25) is 0 Å². The molecule has 1 aliphatic heterocycles. The van der Waals surface area contributed by atoms with Crippen molar-refractivity contribution in [1.82, 2.24) is 9.88 Å². The van der Waals surface area contributed by atoms with E-state index in [1.165, 1.54) is 6.92 Å². The molecule has 132 valence electrons. The summed E-state index contributed by atoms with van der Waals surface area (Å²) in [5, 5.41) is 0. The Kier molecular flexibility index (Phi) is 5.16. The van der Waals surface area contributed by atoms with Crippen molar-refractivity contribution in [2.24, 2.45) is 0 Å².